The number of hydrogen-bond donors (Lipinski definition) is 0. The van der Waals surface area contributed by atoms with Crippen LogP contribution < -0.4 is 26.2 Å². The maximum Gasteiger partial charge on any atom is 0.252 e. The fourth-order valence-corrected chi connectivity index (χ4v) is 19.4. The summed E-state index contributed by atoms with van der Waals surface area (Å²) in [6.07, 6.45) is 4.69. The molecule has 4 aliphatic rings. The molecule has 16 aromatic rings. The minimum atomic E-state index is -0.192. The molecular weight excluding hydrogens is 1320 g/mol. The molecule has 4 heterocycles. The van der Waals surface area contributed by atoms with E-state index in [2.05, 4.69) is 398 Å². The first-order valence-electron chi connectivity index (χ1n) is 39.5. The third kappa shape index (κ3) is 10.8. The van der Waals surface area contributed by atoms with Crippen LogP contribution in [0, 0.1) is 0 Å². The molecule has 2 aliphatic carbocycles. The van der Waals surface area contributed by atoms with Crippen LogP contribution in [0.3, 0.4) is 0 Å². The van der Waals surface area contributed by atoms with Crippen LogP contribution in [-0.2, 0) is 27.1 Å². The monoisotopic (exact) mass is 1410 g/mol. The van der Waals surface area contributed by atoms with Gasteiger partial charge in [-0.15, -0.1) is 0 Å². The van der Waals surface area contributed by atoms with Crippen molar-refractivity contribution in [2.75, 3.05) is 9.80 Å². The molecule has 0 amide bonds. The Hall–Kier alpha value is -11.7. The highest BCUT2D eigenvalue weighted by Crippen LogP contribution is 2.52. The smallest absolute Gasteiger partial charge is 0.252 e. The number of benzene rings is 14. The van der Waals surface area contributed by atoms with Gasteiger partial charge in [0, 0.05) is 61.4 Å². The molecule has 0 saturated heterocycles. The number of anilines is 6. The second-order valence-corrected chi connectivity index (χ2v) is 35.4. The summed E-state index contributed by atoms with van der Waals surface area (Å²) in [6.45, 7) is 26.2. The van der Waals surface area contributed by atoms with E-state index >= 15 is 0 Å². The number of fused-ring (bicyclic) bond motifs is 12. The van der Waals surface area contributed by atoms with Crippen molar-refractivity contribution < 1.29 is 0 Å². The molecule has 0 spiro atoms. The lowest BCUT2D eigenvalue weighted by molar-refractivity contribution is 0.332. The molecule has 2 aromatic heterocycles. The minimum absolute atomic E-state index is 0.0119. The third-order valence-corrected chi connectivity index (χ3v) is 25.8. The molecule has 0 N–H and O–H groups in total. The van der Waals surface area contributed by atoms with Crippen LogP contribution in [0.4, 0.5) is 34.1 Å². The SMILES string of the molecule is CC(C)(C)c1ccc(-c2ccc3c(c2)B2c4ccc(-n5c6ccccc6c6ccccc65)cc4N(c4ccc(-c5ccc6c(c5)C(C)(C)CCC6(C)C)cc4)c4cc(-n5c6ccc(-c7ccccc7)cc6c6cc(-c7ccccc7)ccc65)cc(c42)N3c2ccc(-c3ccc4c(c3)C(C)(C)CCC4(C)C)cc2)cc1. The molecule has 5 heteroatoms. The number of hydrogen-bond acceptors (Lipinski definition) is 2. The molecule has 2 aliphatic heterocycles. The van der Waals surface area contributed by atoms with Gasteiger partial charge in [-0.25, -0.2) is 0 Å². The predicted octanol–water partition coefficient (Wildman–Crippen LogP) is 26.3. The van der Waals surface area contributed by atoms with Crippen molar-refractivity contribution in [3.8, 4) is 67.0 Å². The molecule has 0 unspecified atom stereocenters. The van der Waals surface area contributed by atoms with E-state index in [1.807, 2.05) is 0 Å². The molecule has 0 radical (unpaired) electrons. The van der Waals surface area contributed by atoms with Crippen molar-refractivity contribution in [1.29, 1.82) is 0 Å². The summed E-state index contributed by atoms with van der Waals surface area (Å²) in [4.78, 5) is 5.26. The van der Waals surface area contributed by atoms with Crippen LogP contribution in [-0.4, -0.2) is 15.8 Å². The van der Waals surface area contributed by atoms with E-state index < -0.39 is 0 Å². The van der Waals surface area contributed by atoms with Crippen molar-refractivity contribution in [1.82, 2.24) is 9.13 Å². The van der Waals surface area contributed by atoms with E-state index in [4.69, 9.17) is 0 Å². The second-order valence-electron chi connectivity index (χ2n) is 35.4. The Balaban J connectivity index is 0.874. The number of para-hydroxylation sites is 2. The van der Waals surface area contributed by atoms with Crippen molar-refractivity contribution >= 4 is 101 Å². The van der Waals surface area contributed by atoms with Gasteiger partial charge in [0.1, 0.15) is 0 Å². The fraction of sp³-hybridized carbons (Fsp3) is 0.192. The van der Waals surface area contributed by atoms with Gasteiger partial charge in [-0.1, -0.05) is 288 Å². The first-order valence-corrected chi connectivity index (χ1v) is 39.5. The third-order valence-electron chi connectivity index (χ3n) is 25.8. The van der Waals surface area contributed by atoms with Gasteiger partial charge in [0.15, 0.2) is 0 Å². The maximum absolute atomic E-state index is 2.64. The Morgan fingerprint density at radius 1 is 0.257 bits per heavy atom. The molecule has 530 valence electrons. The molecule has 109 heavy (non-hydrogen) atoms. The quantitative estimate of drug-likeness (QED) is 0.134. The summed E-state index contributed by atoms with van der Waals surface area (Å²) in [5.41, 5.74) is 37.1. The van der Waals surface area contributed by atoms with E-state index in [0.717, 1.165) is 63.0 Å². The standard InChI is InChI=1S/C104H91BN4/c1-100(2,3)76-41-30-68(31-42-76)75-40-53-95-90(62-75)105-89-50-47-79(108-91-28-20-18-26-81(91)82-27-19-21-29-92(82)108)63-96(89)107(78-45-34-70(35-46-78)74-37-49-86-88(61-74)104(10,11)57-55-102(86,6)7)98-65-80(64-97(99(98)105)106(95)77-43-32-69(33-44-77)73-36-48-85-87(60-73)103(8,9)56-54-101(85,4)5)109-93-51-38-71(66-22-14-12-15-23-66)58-83(93)84-59-72(39-52-94(84)109)67-24-16-13-17-25-67/h12-53,58-65H,54-57H2,1-11H3. The average molecular weight is 1410 g/mol. The van der Waals surface area contributed by atoms with E-state index in [9.17, 15) is 0 Å². The van der Waals surface area contributed by atoms with Crippen molar-refractivity contribution in [3.63, 3.8) is 0 Å². The zero-order valence-electron chi connectivity index (χ0n) is 64.6. The van der Waals surface area contributed by atoms with Gasteiger partial charge in [0.05, 0.1) is 27.8 Å². The zero-order chi connectivity index (χ0) is 74.2. The lowest BCUT2D eigenvalue weighted by atomic mass is 9.33. The van der Waals surface area contributed by atoms with Gasteiger partial charge in [-0.3, -0.25) is 0 Å². The van der Waals surface area contributed by atoms with Gasteiger partial charge < -0.3 is 18.9 Å². The summed E-state index contributed by atoms with van der Waals surface area (Å²) >= 11 is 0. The fourth-order valence-electron chi connectivity index (χ4n) is 19.4. The number of rotatable bonds is 9. The molecule has 0 atom stereocenters. The Morgan fingerprint density at radius 2 is 0.615 bits per heavy atom. The highest BCUT2D eigenvalue weighted by Gasteiger charge is 2.45. The van der Waals surface area contributed by atoms with Crippen LogP contribution >= 0.6 is 0 Å². The summed E-state index contributed by atoms with van der Waals surface area (Å²) in [7, 11) is 0. The molecule has 4 nitrogen and oxygen atoms in total. The largest absolute Gasteiger partial charge is 0.311 e. The molecule has 0 fully saturated rings. The normalized spacial score (nSPS) is 15.8. The van der Waals surface area contributed by atoms with Gasteiger partial charge in [-0.05, 0) is 244 Å². The van der Waals surface area contributed by atoms with E-state index in [-0.39, 0.29) is 33.8 Å². The highest BCUT2D eigenvalue weighted by molar-refractivity contribution is 7.00. The van der Waals surface area contributed by atoms with Gasteiger partial charge in [0.2, 0.25) is 0 Å². The van der Waals surface area contributed by atoms with Gasteiger partial charge in [-0.2, -0.15) is 0 Å². The Kier molecular flexibility index (Phi) is 15.0. The highest BCUT2D eigenvalue weighted by atomic mass is 15.2. The van der Waals surface area contributed by atoms with Crippen molar-refractivity contribution in [3.05, 3.63) is 331 Å². The Morgan fingerprint density at radius 3 is 1.10 bits per heavy atom. The van der Waals surface area contributed by atoms with Crippen molar-refractivity contribution in [2.24, 2.45) is 0 Å². The first-order chi connectivity index (χ1) is 52.6. The van der Waals surface area contributed by atoms with Crippen LogP contribution in [0.25, 0.3) is 111 Å². The lowest BCUT2D eigenvalue weighted by Gasteiger charge is -2.44. The van der Waals surface area contributed by atoms with Gasteiger partial charge >= 0.3 is 0 Å². The summed E-state index contributed by atoms with van der Waals surface area (Å²) < 4.78 is 5.07. The topological polar surface area (TPSA) is 16.3 Å². The second kappa shape index (κ2) is 24.4. The van der Waals surface area contributed by atoms with Crippen LogP contribution in [0.5, 0.6) is 0 Å². The number of aromatic nitrogens is 2. The first kappa shape index (κ1) is 66.8. The van der Waals surface area contributed by atoms with Crippen LogP contribution in [0.2, 0.25) is 0 Å². The summed E-state index contributed by atoms with van der Waals surface area (Å²) in [5.74, 6) is 0. The minimum Gasteiger partial charge on any atom is -0.311 e. The maximum atomic E-state index is 2.64. The predicted molar refractivity (Wildman–Crippen MR) is 466 cm³/mol. The molecule has 14 aromatic carbocycles. The number of nitrogens with zero attached hydrogens (tertiary/aromatic N) is 4. The van der Waals surface area contributed by atoms with E-state index in [1.165, 1.54) is 152 Å². The van der Waals surface area contributed by atoms with Crippen LogP contribution in [0.15, 0.2) is 303 Å². The van der Waals surface area contributed by atoms with Crippen molar-refractivity contribution in [2.45, 2.75) is 129 Å². The van der Waals surface area contributed by atoms with E-state index in [1.54, 1.807) is 0 Å². The van der Waals surface area contributed by atoms with E-state index in [0.29, 0.717) is 0 Å². The molecule has 20 rings (SSSR count). The molecule has 0 saturated carbocycles. The molecule has 0 bridgehead atoms. The average Bonchev–Trinajstić information content (AvgIpc) is 1.38. The molecular formula is C104H91BN4. The summed E-state index contributed by atoms with van der Waals surface area (Å²) in [5, 5.41) is 4.89. The zero-order valence-corrected chi connectivity index (χ0v) is 64.6. The Labute approximate surface area is 642 Å². The van der Waals surface area contributed by atoms with Gasteiger partial charge in [0.25, 0.3) is 6.71 Å². The lowest BCUT2D eigenvalue weighted by Crippen LogP contribution is -2.61. The summed E-state index contributed by atoms with van der Waals surface area (Å²) in [6, 6.07) is 117. The Bertz CT molecular complexity index is 6230. The van der Waals surface area contributed by atoms with Crippen LogP contribution in [0.1, 0.15) is 130 Å².